The van der Waals surface area contributed by atoms with Gasteiger partial charge in [0, 0.05) is 24.0 Å². The molecule has 1 saturated heterocycles. The maximum absolute atomic E-state index is 12.3. The molecule has 0 aliphatic carbocycles. The van der Waals surface area contributed by atoms with Crippen molar-refractivity contribution in [1.29, 1.82) is 0 Å². The average molecular weight is 333 g/mol. The summed E-state index contributed by atoms with van der Waals surface area (Å²) in [6.07, 6.45) is 0.816. The molecule has 1 aromatic rings. The third-order valence-electron chi connectivity index (χ3n) is 3.28. The van der Waals surface area contributed by atoms with Crippen LogP contribution in [0.2, 0.25) is 0 Å². The van der Waals surface area contributed by atoms with Crippen molar-refractivity contribution >= 4 is 33.4 Å². The van der Waals surface area contributed by atoms with Gasteiger partial charge in [-0.15, -0.1) is 11.6 Å². The number of hydrogen-bond acceptors (Lipinski definition) is 2. The van der Waals surface area contributed by atoms with Gasteiger partial charge in [0.2, 0.25) is 0 Å². The van der Waals surface area contributed by atoms with Crippen LogP contribution in [0.5, 0.6) is 5.75 Å². The Hall–Kier alpha value is -0.740. The zero-order valence-electron chi connectivity index (χ0n) is 10.1. The van der Waals surface area contributed by atoms with Gasteiger partial charge < -0.3 is 10.0 Å². The Morgan fingerprint density at radius 3 is 2.89 bits per heavy atom. The van der Waals surface area contributed by atoms with Gasteiger partial charge in [0.15, 0.2) is 0 Å². The summed E-state index contributed by atoms with van der Waals surface area (Å²) in [4.78, 5) is 14.1. The minimum absolute atomic E-state index is 0.0479. The van der Waals surface area contributed by atoms with Crippen LogP contribution in [0.4, 0.5) is 0 Å². The molecule has 1 amide bonds. The lowest BCUT2D eigenvalue weighted by molar-refractivity contribution is 0.0686. The minimum Gasteiger partial charge on any atom is -0.507 e. The fourth-order valence-electron chi connectivity index (χ4n) is 2.13. The van der Waals surface area contributed by atoms with Gasteiger partial charge in [-0.25, -0.2) is 0 Å². The minimum atomic E-state index is -0.0479. The van der Waals surface area contributed by atoms with Crippen LogP contribution in [0.3, 0.4) is 0 Å². The van der Waals surface area contributed by atoms with Gasteiger partial charge in [-0.1, -0.05) is 6.92 Å². The molecule has 0 saturated carbocycles. The number of rotatable bonds is 1. The van der Waals surface area contributed by atoms with Crippen molar-refractivity contribution in [3.63, 3.8) is 0 Å². The van der Waals surface area contributed by atoms with Gasteiger partial charge in [-0.2, -0.15) is 0 Å². The first kappa shape index (κ1) is 13.7. The summed E-state index contributed by atoms with van der Waals surface area (Å²) < 4.78 is 0.590. The zero-order chi connectivity index (χ0) is 13.3. The fourth-order valence-corrected chi connectivity index (χ4v) is 2.55. The highest BCUT2D eigenvalue weighted by molar-refractivity contribution is 9.10. The quantitative estimate of drug-likeness (QED) is 0.802. The van der Waals surface area contributed by atoms with E-state index in [4.69, 9.17) is 11.6 Å². The van der Waals surface area contributed by atoms with Gasteiger partial charge in [-0.05, 0) is 46.5 Å². The van der Waals surface area contributed by atoms with Crippen molar-refractivity contribution in [1.82, 2.24) is 4.90 Å². The molecule has 1 N–H and O–H groups in total. The number of phenols is 1. The second kappa shape index (κ2) is 5.49. The molecule has 0 bridgehead atoms. The van der Waals surface area contributed by atoms with Crippen LogP contribution in [0, 0.1) is 5.92 Å². The molecule has 1 aromatic carbocycles. The van der Waals surface area contributed by atoms with Crippen LogP contribution >= 0.6 is 27.5 Å². The summed E-state index contributed by atoms with van der Waals surface area (Å²) in [5.41, 5.74) is 0.510. The molecule has 1 aliphatic rings. The Kier molecular flexibility index (Phi) is 4.17. The van der Waals surface area contributed by atoms with E-state index in [0.717, 1.165) is 6.42 Å². The van der Waals surface area contributed by atoms with E-state index >= 15 is 0 Å². The summed E-state index contributed by atoms with van der Waals surface area (Å²) in [6.45, 7) is 3.40. The van der Waals surface area contributed by atoms with Crippen molar-refractivity contribution in [3.8, 4) is 5.75 Å². The fraction of sp³-hybridized carbons (Fsp3) is 0.462. The standard InChI is InChI=1S/C13H15BrClNO2/c1-8-7-16(5-4-11(8)15)13(18)9-2-3-10(14)12(17)6-9/h2-3,6,8,11,17H,4-5,7H2,1H3. The lowest BCUT2D eigenvalue weighted by Crippen LogP contribution is -2.43. The molecular weight excluding hydrogens is 318 g/mol. The van der Waals surface area contributed by atoms with Crippen molar-refractivity contribution in [2.24, 2.45) is 5.92 Å². The third kappa shape index (κ3) is 2.81. The molecule has 1 heterocycles. The van der Waals surface area contributed by atoms with E-state index in [1.807, 2.05) is 0 Å². The number of amides is 1. The van der Waals surface area contributed by atoms with E-state index in [1.165, 1.54) is 6.07 Å². The highest BCUT2D eigenvalue weighted by Gasteiger charge is 2.27. The van der Waals surface area contributed by atoms with Crippen molar-refractivity contribution in [2.75, 3.05) is 13.1 Å². The number of piperidine rings is 1. The molecule has 0 radical (unpaired) electrons. The maximum Gasteiger partial charge on any atom is 0.253 e. The lowest BCUT2D eigenvalue weighted by Gasteiger charge is -2.34. The monoisotopic (exact) mass is 331 g/mol. The van der Waals surface area contributed by atoms with Gasteiger partial charge in [0.25, 0.3) is 5.91 Å². The number of nitrogens with zero attached hydrogens (tertiary/aromatic N) is 1. The molecular formula is C13H15BrClNO2. The SMILES string of the molecule is CC1CN(C(=O)c2ccc(Br)c(O)c2)CCC1Cl. The molecule has 1 fully saturated rings. The Bertz CT molecular complexity index is 466. The summed E-state index contributed by atoms with van der Waals surface area (Å²) >= 11 is 9.34. The molecule has 98 valence electrons. The predicted molar refractivity (Wildman–Crippen MR) is 75.1 cm³/mol. The summed E-state index contributed by atoms with van der Waals surface area (Å²) in [5.74, 6) is 0.336. The van der Waals surface area contributed by atoms with E-state index < -0.39 is 0 Å². The molecule has 18 heavy (non-hydrogen) atoms. The smallest absolute Gasteiger partial charge is 0.253 e. The predicted octanol–water partition coefficient (Wildman–Crippen LogP) is 3.24. The number of likely N-dealkylation sites (tertiary alicyclic amines) is 1. The highest BCUT2D eigenvalue weighted by Crippen LogP contribution is 2.27. The van der Waals surface area contributed by atoms with Crippen LogP contribution in [-0.4, -0.2) is 34.4 Å². The van der Waals surface area contributed by atoms with Crippen molar-refractivity contribution in [2.45, 2.75) is 18.7 Å². The Morgan fingerprint density at radius 1 is 1.56 bits per heavy atom. The first-order chi connectivity index (χ1) is 8.49. The first-order valence-electron chi connectivity index (χ1n) is 5.91. The van der Waals surface area contributed by atoms with E-state index in [0.29, 0.717) is 29.0 Å². The Morgan fingerprint density at radius 2 is 2.28 bits per heavy atom. The number of aromatic hydroxyl groups is 1. The first-order valence-corrected chi connectivity index (χ1v) is 7.14. The number of benzene rings is 1. The highest BCUT2D eigenvalue weighted by atomic mass is 79.9. The second-order valence-electron chi connectivity index (χ2n) is 4.70. The number of alkyl halides is 1. The molecule has 2 unspecified atom stereocenters. The van der Waals surface area contributed by atoms with E-state index in [-0.39, 0.29) is 17.0 Å². The van der Waals surface area contributed by atoms with Gasteiger partial charge in [0.1, 0.15) is 5.75 Å². The van der Waals surface area contributed by atoms with E-state index in [9.17, 15) is 9.90 Å². The normalized spacial score (nSPS) is 24.1. The largest absolute Gasteiger partial charge is 0.507 e. The number of hydrogen-bond donors (Lipinski definition) is 1. The van der Waals surface area contributed by atoms with E-state index in [2.05, 4.69) is 22.9 Å². The molecule has 1 aliphatic heterocycles. The van der Waals surface area contributed by atoms with Crippen molar-refractivity contribution < 1.29 is 9.90 Å². The zero-order valence-corrected chi connectivity index (χ0v) is 12.4. The van der Waals surface area contributed by atoms with Crippen LogP contribution < -0.4 is 0 Å². The third-order valence-corrected chi connectivity index (χ3v) is 4.60. The molecule has 0 spiro atoms. The Balaban J connectivity index is 2.14. The summed E-state index contributed by atoms with van der Waals surface area (Å²) in [7, 11) is 0. The van der Waals surface area contributed by atoms with E-state index in [1.54, 1.807) is 17.0 Å². The van der Waals surface area contributed by atoms with Gasteiger partial charge >= 0.3 is 0 Å². The molecule has 2 rings (SSSR count). The second-order valence-corrected chi connectivity index (χ2v) is 6.11. The number of carbonyl (C=O) groups is 1. The number of carbonyl (C=O) groups excluding carboxylic acids is 1. The number of phenolic OH excluding ortho intramolecular Hbond substituents is 1. The summed E-state index contributed by atoms with van der Waals surface area (Å²) in [6, 6.07) is 4.88. The van der Waals surface area contributed by atoms with Gasteiger partial charge in [-0.3, -0.25) is 4.79 Å². The molecule has 3 nitrogen and oxygen atoms in total. The van der Waals surface area contributed by atoms with Crippen LogP contribution in [0.25, 0.3) is 0 Å². The van der Waals surface area contributed by atoms with Gasteiger partial charge in [0.05, 0.1) is 4.47 Å². The molecule has 5 heteroatoms. The molecule has 2 atom stereocenters. The van der Waals surface area contributed by atoms with Crippen LogP contribution in [0.1, 0.15) is 23.7 Å². The maximum atomic E-state index is 12.3. The summed E-state index contributed by atoms with van der Waals surface area (Å²) in [5, 5.41) is 9.75. The topological polar surface area (TPSA) is 40.5 Å². The molecule has 0 aromatic heterocycles. The van der Waals surface area contributed by atoms with Crippen LogP contribution in [-0.2, 0) is 0 Å². The Labute approximate surface area is 120 Å². The average Bonchev–Trinajstić information content (AvgIpc) is 2.35. The van der Waals surface area contributed by atoms with Crippen molar-refractivity contribution in [3.05, 3.63) is 28.2 Å². The van der Waals surface area contributed by atoms with Crippen LogP contribution in [0.15, 0.2) is 22.7 Å². The lowest BCUT2D eigenvalue weighted by atomic mass is 9.99. The number of halogens is 2.